The van der Waals surface area contributed by atoms with Crippen molar-refractivity contribution >= 4 is 49.1 Å². The summed E-state index contributed by atoms with van der Waals surface area (Å²) in [6.07, 6.45) is 0. The minimum atomic E-state index is -0.551. The summed E-state index contributed by atoms with van der Waals surface area (Å²) in [5.41, 5.74) is 7.48. The van der Waals surface area contributed by atoms with Crippen LogP contribution in [0.15, 0.2) is 39.3 Å². The summed E-state index contributed by atoms with van der Waals surface area (Å²) in [6, 6.07) is 7.78. The number of amides is 1. The topological polar surface area (TPSA) is 55.1 Å². The van der Waals surface area contributed by atoms with Gasteiger partial charge in [-0.3, -0.25) is 4.79 Å². The van der Waals surface area contributed by atoms with Crippen LogP contribution in [0.1, 0.15) is 15.9 Å². The fourth-order valence-electron chi connectivity index (χ4n) is 1.70. The highest BCUT2D eigenvalue weighted by Gasteiger charge is 2.15. The largest absolute Gasteiger partial charge is 0.399 e. The minimum absolute atomic E-state index is 0.00812. The zero-order valence-corrected chi connectivity index (χ0v) is 13.7. The maximum atomic E-state index is 13.8. The molecule has 0 saturated carbocycles. The third kappa shape index (κ3) is 3.19. The third-order valence-corrected chi connectivity index (χ3v) is 3.92. The Bertz CT molecular complexity index is 666. The number of halogens is 3. The Morgan fingerprint density at radius 1 is 1.20 bits per heavy atom. The second-order valence-corrected chi connectivity index (χ2v) is 6.01. The first-order chi connectivity index (χ1) is 9.38. The molecule has 1 amide bonds. The number of carbonyl (C=O) groups is 1. The van der Waals surface area contributed by atoms with E-state index in [1.165, 1.54) is 12.1 Å². The fourth-order valence-corrected chi connectivity index (χ4v) is 3.12. The lowest BCUT2D eigenvalue weighted by molar-refractivity contribution is 0.102. The van der Waals surface area contributed by atoms with E-state index >= 15 is 0 Å². The summed E-state index contributed by atoms with van der Waals surface area (Å²) in [6.45, 7) is 1.76. The first kappa shape index (κ1) is 15.0. The van der Waals surface area contributed by atoms with Gasteiger partial charge in [0, 0.05) is 14.6 Å². The molecule has 0 aliphatic rings. The van der Waals surface area contributed by atoms with E-state index < -0.39 is 11.7 Å². The Morgan fingerprint density at radius 3 is 2.35 bits per heavy atom. The van der Waals surface area contributed by atoms with E-state index in [0.29, 0.717) is 20.3 Å². The van der Waals surface area contributed by atoms with Gasteiger partial charge in [0.25, 0.3) is 5.91 Å². The van der Waals surface area contributed by atoms with Gasteiger partial charge in [-0.15, -0.1) is 0 Å². The smallest absolute Gasteiger partial charge is 0.258 e. The molecule has 104 valence electrons. The lowest BCUT2D eigenvalue weighted by Gasteiger charge is -2.11. The molecule has 2 aromatic carbocycles. The van der Waals surface area contributed by atoms with Crippen LogP contribution in [-0.4, -0.2) is 5.91 Å². The average molecular weight is 402 g/mol. The number of carbonyl (C=O) groups excluding carboxylic acids is 1. The molecule has 0 fully saturated rings. The van der Waals surface area contributed by atoms with Gasteiger partial charge in [-0.25, -0.2) is 4.39 Å². The molecule has 0 atom stereocenters. The van der Waals surface area contributed by atoms with Gasteiger partial charge in [0.15, 0.2) is 0 Å². The zero-order valence-electron chi connectivity index (χ0n) is 10.5. The second-order valence-electron chi connectivity index (χ2n) is 4.30. The first-order valence-corrected chi connectivity index (χ1v) is 7.29. The van der Waals surface area contributed by atoms with Crippen LogP contribution in [0.2, 0.25) is 0 Å². The van der Waals surface area contributed by atoms with Crippen molar-refractivity contribution in [1.82, 2.24) is 0 Å². The molecule has 6 heteroatoms. The second kappa shape index (κ2) is 5.93. The summed E-state index contributed by atoms with van der Waals surface area (Å²) in [4.78, 5) is 12.1. The van der Waals surface area contributed by atoms with Crippen molar-refractivity contribution in [3.8, 4) is 0 Å². The molecule has 20 heavy (non-hydrogen) atoms. The van der Waals surface area contributed by atoms with Gasteiger partial charge >= 0.3 is 0 Å². The summed E-state index contributed by atoms with van der Waals surface area (Å²) in [7, 11) is 0. The van der Waals surface area contributed by atoms with E-state index in [0.717, 1.165) is 5.56 Å². The summed E-state index contributed by atoms with van der Waals surface area (Å²) >= 11 is 6.62. The number of rotatable bonds is 2. The lowest BCUT2D eigenvalue weighted by Crippen LogP contribution is -2.14. The van der Waals surface area contributed by atoms with Crippen molar-refractivity contribution in [2.24, 2.45) is 0 Å². The molecule has 0 spiro atoms. The molecule has 0 heterocycles. The summed E-state index contributed by atoms with van der Waals surface area (Å²) in [5.74, 6) is -1.07. The summed E-state index contributed by atoms with van der Waals surface area (Å²) < 4.78 is 15.0. The molecule has 0 aromatic heterocycles. The van der Waals surface area contributed by atoms with Gasteiger partial charge in [-0.05, 0) is 68.6 Å². The van der Waals surface area contributed by atoms with E-state index in [2.05, 4.69) is 37.2 Å². The zero-order chi connectivity index (χ0) is 14.9. The van der Waals surface area contributed by atoms with E-state index in [9.17, 15) is 9.18 Å². The average Bonchev–Trinajstić information content (AvgIpc) is 2.33. The standard InChI is InChI=1S/C14H11Br2FN2O/c1-7-2-3-9(12(17)4-7)14(20)19-13-10(15)5-8(18)6-11(13)16/h2-6H,18H2,1H3,(H,19,20). The minimum Gasteiger partial charge on any atom is -0.399 e. The van der Waals surface area contributed by atoms with Crippen LogP contribution in [0.4, 0.5) is 15.8 Å². The van der Waals surface area contributed by atoms with E-state index in [-0.39, 0.29) is 5.56 Å². The number of anilines is 2. The predicted molar refractivity (Wildman–Crippen MR) is 85.3 cm³/mol. The Labute approximate surface area is 132 Å². The Kier molecular flexibility index (Phi) is 4.45. The van der Waals surface area contributed by atoms with Gasteiger partial charge in [0.2, 0.25) is 0 Å². The van der Waals surface area contributed by atoms with Crippen LogP contribution in [0.3, 0.4) is 0 Å². The van der Waals surface area contributed by atoms with Crippen LogP contribution in [-0.2, 0) is 0 Å². The highest BCUT2D eigenvalue weighted by molar-refractivity contribution is 9.11. The molecule has 0 aliphatic carbocycles. The monoisotopic (exact) mass is 400 g/mol. The molecule has 3 nitrogen and oxygen atoms in total. The van der Waals surface area contributed by atoms with Gasteiger partial charge in [-0.1, -0.05) is 6.07 Å². The number of hydrogen-bond acceptors (Lipinski definition) is 2. The van der Waals surface area contributed by atoms with Gasteiger partial charge < -0.3 is 11.1 Å². The highest BCUT2D eigenvalue weighted by atomic mass is 79.9. The molecule has 2 rings (SSSR count). The first-order valence-electron chi connectivity index (χ1n) is 5.70. The molecular formula is C14H11Br2FN2O. The van der Waals surface area contributed by atoms with Crippen LogP contribution < -0.4 is 11.1 Å². The molecule has 0 unspecified atom stereocenters. The van der Waals surface area contributed by atoms with E-state index in [1.54, 1.807) is 25.1 Å². The van der Waals surface area contributed by atoms with Crippen molar-refractivity contribution in [2.75, 3.05) is 11.1 Å². The van der Waals surface area contributed by atoms with Crippen molar-refractivity contribution in [3.63, 3.8) is 0 Å². The van der Waals surface area contributed by atoms with Crippen molar-refractivity contribution in [3.05, 3.63) is 56.2 Å². The highest BCUT2D eigenvalue weighted by Crippen LogP contribution is 2.33. The molecule has 3 N–H and O–H groups in total. The molecule has 2 aromatic rings. The van der Waals surface area contributed by atoms with Gasteiger partial charge in [-0.2, -0.15) is 0 Å². The number of benzene rings is 2. The van der Waals surface area contributed by atoms with Crippen LogP contribution >= 0.6 is 31.9 Å². The number of nitrogen functional groups attached to an aromatic ring is 1. The van der Waals surface area contributed by atoms with Crippen molar-refractivity contribution in [2.45, 2.75) is 6.92 Å². The van der Waals surface area contributed by atoms with Gasteiger partial charge in [0.1, 0.15) is 5.82 Å². The quantitative estimate of drug-likeness (QED) is 0.728. The van der Waals surface area contributed by atoms with Crippen LogP contribution in [0, 0.1) is 12.7 Å². The molecular weight excluding hydrogens is 391 g/mol. The number of hydrogen-bond donors (Lipinski definition) is 2. The van der Waals surface area contributed by atoms with Crippen molar-refractivity contribution < 1.29 is 9.18 Å². The molecule has 0 bridgehead atoms. The normalized spacial score (nSPS) is 10.4. The molecule has 0 aliphatic heterocycles. The summed E-state index contributed by atoms with van der Waals surface area (Å²) in [5, 5.41) is 2.65. The maximum Gasteiger partial charge on any atom is 0.258 e. The third-order valence-electron chi connectivity index (χ3n) is 2.67. The SMILES string of the molecule is Cc1ccc(C(=O)Nc2c(Br)cc(N)cc2Br)c(F)c1. The fraction of sp³-hybridized carbons (Fsp3) is 0.0714. The molecule has 0 radical (unpaired) electrons. The Morgan fingerprint density at radius 2 is 1.80 bits per heavy atom. The maximum absolute atomic E-state index is 13.8. The number of aryl methyl sites for hydroxylation is 1. The number of nitrogens with two attached hydrogens (primary N) is 1. The van der Waals surface area contributed by atoms with E-state index in [1.807, 2.05) is 0 Å². The Balaban J connectivity index is 2.33. The van der Waals surface area contributed by atoms with Gasteiger partial charge in [0.05, 0.1) is 11.3 Å². The molecule has 0 saturated heterocycles. The lowest BCUT2D eigenvalue weighted by atomic mass is 10.1. The predicted octanol–water partition coefficient (Wildman–Crippen LogP) is 4.49. The van der Waals surface area contributed by atoms with Crippen molar-refractivity contribution in [1.29, 1.82) is 0 Å². The number of nitrogens with one attached hydrogen (secondary N) is 1. The van der Waals surface area contributed by atoms with Crippen LogP contribution in [0.25, 0.3) is 0 Å². The Hall–Kier alpha value is -1.40. The van der Waals surface area contributed by atoms with E-state index in [4.69, 9.17) is 5.73 Å². The van der Waals surface area contributed by atoms with Crippen LogP contribution in [0.5, 0.6) is 0 Å².